The van der Waals surface area contributed by atoms with E-state index in [1.165, 1.54) is 0 Å². The lowest BCUT2D eigenvalue weighted by Crippen LogP contribution is -2.50. The molecule has 0 aliphatic heterocycles. The van der Waals surface area contributed by atoms with Crippen molar-refractivity contribution >= 4 is 11.9 Å². The molecule has 0 aromatic rings. The van der Waals surface area contributed by atoms with Gasteiger partial charge in [0.1, 0.15) is 6.04 Å². The quantitative estimate of drug-likeness (QED) is 0.437. The highest BCUT2D eigenvalue weighted by Gasteiger charge is 2.25. The van der Waals surface area contributed by atoms with Crippen LogP contribution < -0.4 is 16.8 Å². The van der Waals surface area contributed by atoms with Crippen LogP contribution in [0.4, 0.5) is 0 Å². The first kappa shape index (κ1) is 16.9. The zero-order valence-electron chi connectivity index (χ0n) is 11.2. The SMILES string of the molecule is CC[C@H](C)[C@H](N)C(=O)N[C@@H](CCCCN)C(=O)O. The zero-order valence-corrected chi connectivity index (χ0v) is 11.2. The van der Waals surface area contributed by atoms with E-state index in [0.717, 1.165) is 12.8 Å². The van der Waals surface area contributed by atoms with Crippen LogP contribution in [-0.4, -0.2) is 35.6 Å². The van der Waals surface area contributed by atoms with E-state index in [4.69, 9.17) is 16.6 Å². The second kappa shape index (κ2) is 8.88. The first-order valence-corrected chi connectivity index (χ1v) is 6.42. The van der Waals surface area contributed by atoms with Gasteiger partial charge in [-0.1, -0.05) is 20.3 Å². The summed E-state index contributed by atoms with van der Waals surface area (Å²) < 4.78 is 0. The van der Waals surface area contributed by atoms with E-state index in [0.29, 0.717) is 19.4 Å². The van der Waals surface area contributed by atoms with Gasteiger partial charge in [0.15, 0.2) is 0 Å². The van der Waals surface area contributed by atoms with Crippen LogP contribution in [0.2, 0.25) is 0 Å². The molecule has 0 aliphatic rings. The molecule has 0 heterocycles. The van der Waals surface area contributed by atoms with Gasteiger partial charge in [-0.2, -0.15) is 0 Å². The first-order valence-electron chi connectivity index (χ1n) is 6.42. The summed E-state index contributed by atoms with van der Waals surface area (Å²) in [6.07, 6.45) is 2.58. The van der Waals surface area contributed by atoms with Crippen molar-refractivity contribution in [1.29, 1.82) is 0 Å². The molecule has 106 valence electrons. The Morgan fingerprint density at radius 1 is 1.33 bits per heavy atom. The number of unbranched alkanes of at least 4 members (excludes halogenated alkanes) is 1. The predicted molar refractivity (Wildman–Crippen MR) is 69.9 cm³/mol. The van der Waals surface area contributed by atoms with E-state index in [1.54, 1.807) is 0 Å². The lowest BCUT2D eigenvalue weighted by atomic mass is 9.99. The fourth-order valence-corrected chi connectivity index (χ4v) is 1.53. The number of hydrogen-bond acceptors (Lipinski definition) is 4. The van der Waals surface area contributed by atoms with Gasteiger partial charge in [0.2, 0.25) is 5.91 Å². The van der Waals surface area contributed by atoms with Crippen LogP contribution >= 0.6 is 0 Å². The molecule has 0 spiro atoms. The number of aliphatic carboxylic acids is 1. The summed E-state index contributed by atoms with van der Waals surface area (Å²) in [5.74, 6) is -1.40. The van der Waals surface area contributed by atoms with E-state index in [-0.39, 0.29) is 5.92 Å². The molecule has 0 radical (unpaired) electrons. The molecular weight excluding hydrogens is 234 g/mol. The highest BCUT2D eigenvalue weighted by molar-refractivity contribution is 5.86. The summed E-state index contributed by atoms with van der Waals surface area (Å²) in [7, 11) is 0. The van der Waals surface area contributed by atoms with Crippen molar-refractivity contribution in [3.05, 3.63) is 0 Å². The summed E-state index contributed by atoms with van der Waals surface area (Å²) >= 11 is 0. The highest BCUT2D eigenvalue weighted by atomic mass is 16.4. The molecule has 6 heteroatoms. The van der Waals surface area contributed by atoms with Crippen molar-refractivity contribution in [2.75, 3.05) is 6.54 Å². The third-order valence-corrected chi connectivity index (χ3v) is 3.12. The Hall–Kier alpha value is -1.14. The summed E-state index contributed by atoms with van der Waals surface area (Å²) in [6, 6.07) is -1.54. The number of hydrogen-bond donors (Lipinski definition) is 4. The van der Waals surface area contributed by atoms with E-state index in [9.17, 15) is 9.59 Å². The van der Waals surface area contributed by atoms with Crippen LogP contribution in [-0.2, 0) is 9.59 Å². The summed E-state index contributed by atoms with van der Waals surface area (Å²) in [5, 5.41) is 11.5. The lowest BCUT2D eigenvalue weighted by Gasteiger charge is -2.21. The van der Waals surface area contributed by atoms with Crippen LogP contribution in [0.5, 0.6) is 0 Å². The Morgan fingerprint density at radius 2 is 1.94 bits per heavy atom. The molecule has 0 aromatic heterocycles. The van der Waals surface area contributed by atoms with Gasteiger partial charge in [-0.15, -0.1) is 0 Å². The molecule has 0 aliphatic carbocycles. The highest BCUT2D eigenvalue weighted by Crippen LogP contribution is 2.07. The van der Waals surface area contributed by atoms with Crippen LogP contribution in [0, 0.1) is 5.92 Å². The fourth-order valence-electron chi connectivity index (χ4n) is 1.53. The van der Waals surface area contributed by atoms with Crippen LogP contribution in [0.1, 0.15) is 39.5 Å². The van der Waals surface area contributed by atoms with Crippen molar-refractivity contribution in [3.8, 4) is 0 Å². The Kier molecular flexibility index (Phi) is 8.32. The summed E-state index contributed by atoms with van der Waals surface area (Å²) in [6.45, 7) is 4.33. The minimum atomic E-state index is -1.03. The zero-order chi connectivity index (χ0) is 14.1. The Morgan fingerprint density at radius 3 is 2.39 bits per heavy atom. The number of rotatable bonds is 9. The van der Waals surface area contributed by atoms with Crippen molar-refractivity contribution in [1.82, 2.24) is 5.32 Å². The number of carboxylic acids is 1. The number of carbonyl (C=O) groups is 2. The van der Waals surface area contributed by atoms with Crippen LogP contribution in [0.15, 0.2) is 0 Å². The Balaban J connectivity index is 4.31. The number of nitrogens with one attached hydrogen (secondary N) is 1. The first-order chi connectivity index (χ1) is 8.43. The molecule has 18 heavy (non-hydrogen) atoms. The maximum atomic E-state index is 11.8. The van der Waals surface area contributed by atoms with Gasteiger partial charge in [-0.05, 0) is 31.7 Å². The van der Waals surface area contributed by atoms with Crippen molar-refractivity contribution < 1.29 is 14.7 Å². The third kappa shape index (κ3) is 5.97. The maximum absolute atomic E-state index is 11.8. The lowest BCUT2D eigenvalue weighted by molar-refractivity contribution is -0.142. The van der Waals surface area contributed by atoms with E-state index < -0.39 is 24.0 Å². The van der Waals surface area contributed by atoms with E-state index >= 15 is 0 Å². The van der Waals surface area contributed by atoms with Crippen LogP contribution in [0.3, 0.4) is 0 Å². The molecular formula is C12H25N3O3. The van der Waals surface area contributed by atoms with E-state index in [1.807, 2.05) is 13.8 Å². The average Bonchev–Trinajstić information content (AvgIpc) is 2.35. The molecule has 0 saturated heterocycles. The van der Waals surface area contributed by atoms with Gasteiger partial charge in [0.25, 0.3) is 0 Å². The van der Waals surface area contributed by atoms with Gasteiger partial charge in [-0.3, -0.25) is 4.79 Å². The third-order valence-electron chi connectivity index (χ3n) is 3.12. The Labute approximate surface area is 108 Å². The van der Waals surface area contributed by atoms with Crippen molar-refractivity contribution in [2.45, 2.75) is 51.6 Å². The monoisotopic (exact) mass is 259 g/mol. The molecule has 0 rings (SSSR count). The number of carbonyl (C=O) groups excluding carboxylic acids is 1. The van der Waals surface area contributed by atoms with Gasteiger partial charge < -0.3 is 21.9 Å². The van der Waals surface area contributed by atoms with Crippen molar-refractivity contribution in [2.24, 2.45) is 17.4 Å². The maximum Gasteiger partial charge on any atom is 0.326 e. The standard InChI is InChI=1S/C12H25N3O3/c1-3-8(2)10(14)11(16)15-9(12(17)18)6-4-5-7-13/h8-10H,3-7,13-14H2,1-2H3,(H,15,16)(H,17,18)/t8-,9-,10-/m0/s1. The topological polar surface area (TPSA) is 118 Å². The smallest absolute Gasteiger partial charge is 0.326 e. The fraction of sp³-hybridized carbons (Fsp3) is 0.833. The number of nitrogens with two attached hydrogens (primary N) is 2. The summed E-state index contributed by atoms with van der Waals surface area (Å²) in [4.78, 5) is 22.8. The van der Waals surface area contributed by atoms with E-state index in [2.05, 4.69) is 5.32 Å². The largest absolute Gasteiger partial charge is 0.480 e. The van der Waals surface area contributed by atoms with Gasteiger partial charge in [0, 0.05) is 0 Å². The van der Waals surface area contributed by atoms with Gasteiger partial charge in [-0.25, -0.2) is 4.79 Å². The molecule has 6 nitrogen and oxygen atoms in total. The van der Waals surface area contributed by atoms with Gasteiger partial charge in [0.05, 0.1) is 6.04 Å². The normalized spacial score (nSPS) is 15.8. The number of carboxylic acid groups (broad SMARTS) is 1. The minimum absolute atomic E-state index is 0.0310. The Bertz CT molecular complexity index is 271. The predicted octanol–water partition coefficient (Wildman–Crippen LogP) is 0.0582. The van der Waals surface area contributed by atoms with Gasteiger partial charge >= 0.3 is 5.97 Å². The van der Waals surface area contributed by atoms with Crippen molar-refractivity contribution in [3.63, 3.8) is 0 Å². The minimum Gasteiger partial charge on any atom is -0.480 e. The molecule has 6 N–H and O–H groups in total. The molecule has 0 fully saturated rings. The number of amides is 1. The molecule has 1 amide bonds. The molecule has 0 aromatic carbocycles. The molecule has 0 saturated carbocycles. The average molecular weight is 259 g/mol. The molecule has 3 atom stereocenters. The van der Waals surface area contributed by atoms with Crippen LogP contribution in [0.25, 0.3) is 0 Å². The second-order valence-corrected chi connectivity index (χ2v) is 4.60. The molecule has 0 unspecified atom stereocenters. The molecule has 0 bridgehead atoms. The second-order valence-electron chi connectivity index (χ2n) is 4.60. The summed E-state index contributed by atoms with van der Waals surface area (Å²) in [5.41, 5.74) is 11.1.